The Kier molecular flexibility index (Phi) is 4.95. The molecule has 1 saturated heterocycles. The third kappa shape index (κ3) is 3.68. The molecule has 1 N–H and O–H groups in total. The van der Waals surface area contributed by atoms with Crippen molar-refractivity contribution in [2.24, 2.45) is 5.92 Å². The van der Waals surface area contributed by atoms with Gasteiger partial charge >= 0.3 is 0 Å². The number of hydrogen-bond donors (Lipinski definition) is 1. The highest BCUT2D eigenvalue weighted by molar-refractivity contribution is 5.83. The summed E-state index contributed by atoms with van der Waals surface area (Å²) < 4.78 is 12.0. The third-order valence-electron chi connectivity index (χ3n) is 5.03. The number of nitrogens with zero attached hydrogens (tertiary/aromatic N) is 3. The van der Waals surface area contributed by atoms with E-state index < -0.39 is 0 Å². The molecule has 3 aromatic rings. The molecule has 0 aliphatic carbocycles. The van der Waals surface area contributed by atoms with Crippen molar-refractivity contribution in [3.8, 4) is 0 Å². The second-order valence-corrected chi connectivity index (χ2v) is 7.20. The van der Waals surface area contributed by atoms with Crippen LogP contribution in [0.3, 0.4) is 0 Å². The summed E-state index contributed by atoms with van der Waals surface area (Å²) in [6.07, 6.45) is 0.638. The Hall–Kier alpha value is -3.00. The summed E-state index contributed by atoms with van der Waals surface area (Å²) in [5.41, 5.74) is 1.27. The molecular formula is C20H22N4O4. The zero-order valence-electron chi connectivity index (χ0n) is 15.8. The van der Waals surface area contributed by atoms with Crippen molar-refractivity contribution < 1.29 is 14.1 Å². The van der Waals surface area contributed by atoms with Gasteiger partial charge in [-0.1, -0.05) is 23.4 Å². The minimum atomic E-state index is -0.271. The van der Waals surface area contributed by atoms with Gasteiger partial charge in [0.05, 0.1) is 36.0 Å². The number of aromatic nitrogens is 3. The fraction of sp³-hybridized carbons (Fsp3) is 0.400. The summed E-state index contributed by atoms with van der Waals surface area (Å²) >= 11 is 0. The van der Waals surface area contributed by atoms with E-state index in [4.69, 9.17) is 9.26 Å². The molecular weight excluding hydrogens is 360 g/mol. The molecule has 8 nitrogen and oxygen atoms in total. The zero-order valence-corrected chi connectivity index (χ0v) is 15.8. The number of carbonyl (C=O) groups excluding carboxylic acids is 1. The number of aryl methyl sites for hydroxylation is 2. The van der Waals surface area contributed by atoms with Gasteiger partial charge in [-0.3, -0.25) is 9.59 Å². The molecule has 28 heavy (non-hydrogen) atoms. The normalized spacial score (nSPS) is 19.2. The summed E-state index contributed by atoms with van der Waals surface area (Å²) in [4.78, 5) is 25.2. The maximum atomic E-state index is 12.6. The van der Waals surface area contributed by atoms with Crippen LogP contribution in [0.15, 0.2) is 39.6 Å². The van der Waals surface area contributed by atoms with E-state index in [9.17, 15) is 9.59 Å². The molecule has 1 aromatic carbocycles. The van der Waals surface area contributed by atoms with Gasteiger partial charge in [-0.05, 0) is 19.9 Å². The van der Waals surface area contributed by atoms with Crippen molar-refractivity contribution in [1.29, 1.82) is 0 Å². The Morgan fingerprint density at radius 2 is 2.04 bits per heavy atom. The van der Waals surface area contributed by atoms with Gasteiger partial charge in [0, 0.05) is 23.8 Å². The van der Waals surface area contributed by atoms with Crippen molar-refractivity contribution in [2.75, 3.05) is 13.2 Å². The van der Waals surface area contributed by atoms with Crippen LogP contribution in [0.25, 0.3) is 10.8 Å². The Morgan fingerprint density at radius 3 is 2.79 bits per heavy atom. The molecule has 1 aliphatic rings. The van der Waals surface area contributed by atoms with E-state index in [-0.39, 0.29) is 30.0 Å². The van der Waals surface area contributed by atoms with Gasteiger partial charge in [0.1, 0.15) is 12.3 Å². The highest BCUT2D eigenvalue weighted by atomic mass is 16.5. The molecule has 0 unspecified atom stereocenters. The molecule has 146 valence electrons. The lowest BCUT2D eigenvalue weighted by Crippen LogP contribution is -2.43. The van der Waals surface area contributed by atoms with E-state index in [1.165, 1.54) is 4.68 Å². The quantitative estimate of drug-likeness (QED) is 0.716. The van der Waals surface area contributed by atoms with Crippen LogP contribution in [-0.2, 0) is 22.5 Å². The number of rotatable bonds is 5. The standard InChI is InChI=1S/C20H22N4O4/c1-12-7-15(28-23-12)8-14-10-27-11-18(14)21-19(25)9-24-20(26)17-6-4-3-5-16(17)13(2)22-24/h3-7,14,18H,8-11H2,1-2H3,(H,21,25)/t14-,18+/m1/s1. The minimum absolute atomic E-state index is 0.0966. The van der Waals surface area contributed by atoms with Gasteiger partial charge in [-0.15, -0.1) is 0 Å². The van der Waals surface area contributed by atoms with Crippen molar-refractivity contribution >= 4 is 16.7 Å². The number of nitrogens with one attached hydrogen (secondary N) is 1. The topological polar surface area (TPSA) is 99.2 Å². The number of amides is 1. The van der Waals surface area contributed by atoms with E-state index in [1.54, 1.807) is 12.1 Å². The molecule has 3 heterocycles. The summed E-state index contributed by atoms with van der Waals surface area (Å²) in [7, 11) is 0. The van der Waals surface area contributed by atoms with Crippen molar-refractivity contribution in [1.82, 2.24) is 20.3 Å². The lowest BCUT2D eigenvalue weighted by Gasteiger charge is -2.18. The van der Waals surface area contributed by atoms with Gasteiger partial charge in [-0.2, -0.15) is 5.10 Å². The molecule has 1 fully saturated rings. The maximum absolute atomic E-state index is 12.6. The monoisotopic (exact) mass is 382 g/mol. The van der Waals surface area contributed by atoms with E-state index in [1.807, 2.05) is 32.0 Å². The number of fused-ring (bicyclic) bond motifs is 1. The molecule has 4 rings (SSSR count). The molecule has 1 aliphatic heterocycles. The number of benzene rings is 1. The van der Waals surface area contributed by atoms with Crippen LogP contribution in [0.1, 0.15) is 17.1 Å². The van der Waals surface area contributed by atoms with Crippen LogP contribution in [0, 0.1) is 19.8 Å². The van der Waals surface area contributed by atoms with Gasteiger partial charge in [-0.25, -0.2) is 4.68 Å². The van der Waals surface area contributed by atoms with Crippen LogP contribution in [0.5, 0.6) is 0 Å². The van der Waals surface area contributed by atoms with Gasteiger partial charge in [0.25, 0.3) is 5.56 Å². The van der Waals surface area contributed by atoms with Gasteiger partial charge < -0.3 is 14.6 Å². The summed E-state index contributed by atoms with van der Waals surface area (Å²) in [5, 5.41) is 12.5. The molecule has 2 aromatic heterocycles. The lowest BCUT2D eigenvalue weighted by molar-refractivity contribution is -0.122. The molecule has 0 spiro atoms. The highest BCUT2D eigenvalue weighted by Gasteiger charge is 2.31. The first-order valence-corrected chi connectivity index (χ1v) is 9.27. The predicted octanol–water partition coefficient (Wildman–Crippen LogP) is 1.38. The Labute approximate surface area is 161 Å². The van der Waals surface area contributed by atoms with Crippen molar-refractivity contribution in [3.05, 3.63) is 57.8 Å². The van der Waals surface area contributed by atoms with Crippen LogP contribution >= 0.6 is 0 Å². The largest absolute Gasteiger partial charge is 0.379 e. The average molecular weight is 382 g/mol. The zero-order chi connectivity index (χ0) is 19.7. The van der Waals surface area contributed by atoms with Crippen LogP contribution < -0.4 is 10.9 Å². The Bertz CT molecular complexity index is 1070. The van der Waals surface area contributed by atoms with E-state index in [0.29, 0.717) is 30.7 Å². The van der Waals surface area contributed by atoms with E-state index >= 15 is 0 Å². The fourth-order valence-corrected chi connectivity index (χ4v) is 3.63. The van der Waals surface area contributed by atoms with Gasteiger partial charge in [0.2, 0.25) is 5.91 Å². The molecule has 0 bridgehead atoms. The van der Waals surface area contributed by atoms with Gasteiger partial charge in [0.15, 0.2) is 0 Å². The molecule has 2 atom stereocenters. The first kappa shape index (κ1) is 18.4. The first-order valence-electron chi connectivity index (χ1n) is 9.27. The first-order chi connectivity index (χ1) is 13.5. The number of hydrogen-bond acceptors (Lipinski definition) is 6. The van der Waals surface area contributed by atoms with Crippen LogP contribution in [0.2, 0.25) is 0 Å². The van der Waals surface area contributed by atoms with E-state index in [0.717, 1.165) is 16.8 Å². The molecule has 8 heteroatoms. The second-order valence-electron chi connectivity index (χ2n) is 7.20. The van der Waals surface area contributed by atoms with E-state index in [2.05, 4.69) is 15.6 Å². The summed E-state index contributed by atoms with van der Waals surface area (Å²) in [6, 6.07) is 9.02. The third-order valence-corrected chi connectivity index (χ3v) is 5.03. The smallest absolute Gasteiger partial charge is 0.275 e. The summed E-state index contributed by atoms with van der Waals surface area (Å²) in [6.45, 7) is 4.54. The highest BCUT2D eigenvalue weighted by Crippen LogP contribution is 2.20. The molecule has 0 radical (unpaired) electrons. The predicted molar refractivity (Wildman–Crippen MR) is 102 cm³/mol. The Morgan fingerprint density at radius 1 is 1.25 bits per heavy atom. The minimum Gasteiger partial charge on any atom is -0.379 e. The SMILES string of the molecule is Cc1cc(C[C@@H]2COC[C@@H]2NC(=O)Cn2nc(C)c3ccccc3c2=O)on1. The van der Waals surface area contributed by atoms with Crippen molar-refractivity contribution in [3.63, 3.8) is 0 Å². The fourth-order valence-electron chi connectivity index (χ4n) is 3.63. The maximum Gasteiger partial charge on any atom is 0.275 e. The molecule has 1 amide bonds. The molecule has 0 saturated carbocycles. The number of carbonyl (C=O) groups is 1. The van der Waals surface area contributed by atoms with Crippen LogP contribution in [-0.4, -0.2) is 40.1 Å². The number of ether oxygens (including phenoxy) is 1. The second kappa shape index (κ2) is 7.55. The Balaban J connectivity index is 1.46. The average Bonchev–Trinajstić information content (AvgIpc) is 3.28. The van der Waals surface area contributed by atoms with Crippen molar-refractivity contribution in [2.45, 2.75) is 32.9 Å². The summed E-state index contributed by atoms with van der Waals surface area (Å²) in [5.74, 6) is 0.605. The van der Waals surface area contributed by atoms with Crippen LogP contribution in [0.4, 0.5) is 0 Å². The lowest BCUT2D eigenvalue weighted by atomic mass is 9.98.